The highest BCUT2D eigenvalue weighted by Crippen LogP contribution is 2.76. The number of hydrogen-bond donors (Lipinski definition) is 9. The molecule has 6 fully saturated rings. The fourth-order valence-electron chi connectivity index (χ4n) is 14.1. The highest BCUT2D eigenvalue weighted by Gasteiger charge is 2.74. The van der Waals surface area contributed by atoms with E-state index in [1.807, 2.05) is 0 Å². The van der Waals surface area contributed by atoms with Gasteiger partial charge in [-0.25, -0.2) is 0 Å². The van der Waals surface area contributed by atoms with Crippen molar-refractivity contribution >= 4 is 11.9 Å². The minimum absolute atomic E-state index is 0.00221. The Morgan fingerprint density at radius 1 is 0.825 bits per heavy atom. The van der Waals surface area contributed by atoms with Crippen molar-refractivity contribution in [3.05, 3.63) is 11.6 Å². The van der Waals surface area contributed by atoms with Crippen LogP contribution in [0.2, 0.25) is 0 Å². The summed E-state index contributed by atoms with van der Waals surface area (Å²) in [6, 6.07) is 0. The van der Waals surface area contributed by atoms with Gasteiger partial charge in [-0.3, -0.25) is 9.59 Å². The maximum Gasteiger partial charge on any atom is 0.314 e. The van der Waals surface area contributed by atoms with Crippen LogP contribution >= 0.6 is 0 Å². The molecule has 0 aromatic carbocycles. The lowest BCUT2D eigenvalue weighted by Gasteiger charge is -2.70. The Kier molecular flexibility index (Phi) is 11.2. The molecule has 15 nitrogen and oxygen atoms in total. The van der Waals surface area contributed by atoms with Crippen molar-refractivity contribution in [3.63, 3.8) is 0 Å². The second kappa shape index (κ2) is 14.7. The van der Waals surface area contributed by atoms with Crippen LogP contribution in [0.3, 0.4) is 0 Å². The molecule has 4 saturated carbocycles. The summed E-state index contributed by atoms with van der Waals surface area (Å²) in [6.45, 7) is 10.9. The third-order valence-corrected chi connectivity index (χ3v) is 17.5. The number of carboxylic acid groups (broad SMARTS) is 2. The van der Waals surface area contributed by atoms with Crippen LogP contribution < -0.4 is 0 Å². The first-order valence-electron chi connectivity index (χ1n) is 21.1. The normalized spacial score (nSPS) is 53.3. The molecule has 0 aromatic rings. The van der Waals surface area contributed by atoms with Crippen LogP contribution in [0.4, 0.5) is 0 Å². The Morgan fingerprint density at radius 2 is 1.53 bits per heavy atom. The zero-order valence-electron chi connectivity index (χ0n) is 34.1. The molecular formula is C42H66O15. The van der Waals surface area contributed by atoms with E-state index in [9.17, 15) is 55.5 Å². The third-order valence-electron chi connectivity index (χ3n) is 17.5. The molecule has 0 bridgehead atoms. The minimum Gasteiger partial charge on any atom is -0.481 e. The Morgan fingerprint density at radius 3 is 2.16 bits per heavy atom. The molecule has 2 heterocycles. The van der Waals surface area contributed by atoms with Crippen LogP contribution in [0.15, 0.2) is 11.6 Å². The third kappa shape index (κ3) is 5.99. The molecule has 15 heteroatoms. The van der Waals surface area contributed by atoms with E-state index in [0.717, 1.165) is 12.0 Å². The van der Waals surface area contributed by atoms with E-state index in [-0.39, 0.29) is 41.4 Å². The SMILES string of the molecule is C[C@H]1[C@H](C)CC[C@]2(C(=O)O)CC[C@]3(C(=O)O)C(=CC[C@@H]4[C@@]5(C)CC[C@H](O[C@]6(CO)OC[C@@H](O)[C@@H](O)[C@@H]6O[C@@H]6O[C@H](CO)[C@@H](O)[C@H](O)[C@H]6O)C(C)(C)[C@@H]5CC[C@]43C)[C@H]12. The summed E-state index contributed by atoms with van der Waals surface area (Å²) in [5.41, 5.74) is -3.00. The Balaban J connectivity index is 1.20. The molecule has 0 aromatic heterocycles. The van der Waals surface area contributed by atoms with Gasteiger partial charge in [-0.15, -0.1) is 0 Å². The highest BCUT2D eigenvalue weighted by atomic mass is 16.8. The number of rotatable bonds is 8. The molecule has 0 radical (unpaired) electrons. The smallest absolute Gasteiger partial charge is 0.314 e. The lowest BCUT2D eigenvalue weighted by atomic mass is 9.33. The second-order valence-electron chi connectivity index (χ2n) is 20.0. The topological polar surface area (TPSA) is 253 Å². The standard InChI is InChI=1S/C42H66O15/c1-20-9-14-40(35(50)51)15-16-41(36(52)53)22(28(40)21(20)2)7-8-26-38(5)12-11-27(37(3,4)25(38)10-13-39(26,41)6)57-42(19-44)33(29(46)23(45)18-54-42)56-34-32(49)31(48)30(47)24(17-43)55-34/h7,20-21,23-34,43-49H,8-19H2,1-6H3,(H,50,51)(H,52,53)/t20-,21+,23-,24-,25+,26-,27+,28+,29-,30-,31+,32-,33+,34+,38+,39-,40+,41-,42+/m1/s1. The van der Waals surface area contributed by atoms with Gasteiger partial charge >= 0.3 is 11.9 Å². The zero-order valence-corrected chi connectivity index (χ0v) is 34.1. The number of carboxylic acids is 2. The summed E-state index contributed by atoms with van der Waals surface area (Å²) in [4.78, 5) is 27.1. The monoisotopic (exact) mass is 810 g/mol. The van der Waals surface area contributed by atoms with Crippen molar-refractivity contribution < 1.29 is 74.5 Å². The molecule has 0 spiro atoms. The predicted molar refractivity (Wildman–Crippen MR) is 200 cm³/mol. The molecule has 324 valence electrons. The van der Waals surface area contributed by atoms with E-state index >= 15 is 0 Å². The average Bonchev–Trinajstić information content (AvgIpc) is 3.16. The number of fused-ring (bicyclic) bond motifs is 7. The number of carbonyl (C=O) groups is 2. The van der Waals surface area contributed by atoms with Gasteiger partial charge in [0, 0.05) is 0 Å². The molecule has 2 aliphatic heterocycles. The summed E-state index contributed by atoms with van der Waals surface area (Å²) in [7, 11) is 0. The minimum atomic E-state index is -2.07. The van der Waals surface area contributed by atoms with Crippen LogP contribution in [-0.2, 0) is 28.5 Å². The van der Waals surface area contributed by atoms with Gasteiger partial charge in [0.2, 0.25) is 5.79 Å². The number of aliphatic hydroxyl groups is 7. The first-order valence-corrected chi connectivity index (χ1v) is 21.1. The first-order chi connectivity index (χ1) is 26.6. The number of ether oxygens (including phenoxy) is 4. The Bertz CT molecular complexity index is 1590. The lowest BCUT2D eigenvalue weighted by Crippen LogP contribution is -2.70. The van der Waals surface area contributed by atoms with Gasteiger partial charge in [0.15, 0.2) is 6.29 Å². The Hall–Kier alpha value is -1.76. The van der Waals surface area contributed by atoms with Crippen molar-refractivity contribution in [3.8, 4) is 0 Å². The van der Waals surface area contributed by atoms with Gasteiger partial charge in [-0.2, -0.15) is 0 Å². The molecule has 2 saturated heterocycles. The number of aliphatic carboxylic acids is 2. The molecule has 57 heavy (non-hydrogen) atoms. The van der Waals surface area contributed by atoms with Crippen molar-refractivity contribution in [1.82, 2.24) is 0 Å². The maximum absolute atomic E-state index is 14.0. The van der Waals surface area contributed by atoms with Gasteiger partial charge in [0.05, 0.1) is 30.1 Å². The largest absolute Gasteiger partial charge is 0.481 e. The van der Waals surface area contributed by atoms with E-state index in [0.29, 0.717) is 44.9 Å². The van der Waals surface area contributed by atoms with Gasteiger partial charge in [0.1, 0.15) is 49.3 Å². The van der Waals surface area contributed by atoms with Crippen molar-refractivity contribution in [2.45, 2.75) is 160 Å². The van der Waals surface area contributed by atoms with Gasteiger partial charge < -0.3 is 64.9 Å². The molecule has 7 rings (SSSR count). The van der Waals surface area contributed by atoms with E-state index < -0.39 is 114 Å². The lowest BCUT2D eigenvalue weighted by molar-refractivity contribution is -0.411. The van der Waals surface area contributed by atoms with Crippen molar-refractivity contribution in [2.75, 3.05) is 19.8 Å². The number of allylic oxidation sites excluding steroid dienone is 1. The fourth-order valence-corrected chi connectivity index (χ4v) is 14.1. The number of hydrogen-bond acceptors (Lipinski definition) is 13. The summed E-state index contributed by atoms with van der Waals surface area (Å²) in [5, 5.41) is 96.4. The van der Waals surface area contributed by atoms with Gasteiger partial charge in [0.25, 0.3) is 0 Å². The molecule has 7 aliphatic rings. The van der Waals surface area contributed by atoms with Gasteiger partial charge in [-0.1, -0.05) is 53.2 Å². The average molecular weight is 811 g/mol. The quantitative estimate of drug-likeness (QED) is 0.125. The summed E-state index contributed by atoms with van der Waals surface area (Å²) < 4.78 is 24.3. The maximum atomic E-state index is 14.0. The number of aliphatic hydroxyl groups excluding tert-OH is 7. The Labute approximate surface area is 334 Å². The highest BCUT2D eigenvalue weighted by molar-refractivity contribution is 5.84. The predicted octanol–water partition coefficient (Wildman–Crippen LogP) is 1.80. The molecule has 5 aliphatic carbocycles. The van der Waals surface area contributed by atoms with Crippen LogP contribution in [0.1, 0.15) is 99.3 Å². The molecule has 9 N–H and O–H groups in total. The van der Waals surface area contributed by atoms with E-state index in [4.69, 9.17) is 18.9 Å². The molecule has 0 unspecified atom stereocenters. The van der Waals surface area contributed by atoms with Crippen LogP contribution in [0.25, 0.3) is 0 Å². The zero-order chi connectivity index (χ0) is 41.8. The second-order valence-corrected chi connectivity index (χ2v) is 20.0. The van der Waals surface area contributed by atoms with Crippen LogP contribution in [-0.4, -0.2) is 139 Å². The summed E-state index contributed by atoms with van der Waals surface area (Å²) >= 11 is 0. The fraction of sp³-hybridized carbons (Fsp3) is 0.905. The summed E-state index contributed by atoms with van der Waals surface area (Å²) in [5.74, 6) is -3.87. The van der Waals surface area contributed by atoms with Crippen molar-refractivity contribution in [1.29, 1.82) is 0 Å². The van der Waals surface area contributed by atoms with E-state index in [1.165, 1.54) is 0 Å². The van der Waals surface area contributed by atoms with Crippen molar-refractivity contribution in [2.24, 2.45) is 56.7 Å². The first kappa shape index (κ1) is 43.3. The molecule has 19 atom stereocenters. The van der Waals surface area contributed by atoms with Crippen LogP contribution in [0, 0.1) is 56.7 Å². The van der Waals surface area contributed by atoms with E-state index in [1.54, 1.807) is 0 Å². The molecule has 0 amide bonds. The van der Waals surface area contributed by atoms with Crippen LogP contribution in [0.5, 0.6) is 0 Å². The van der Waals surface area contributed by atoms with E-state index in [2.05, 4.69) is 47.6 Å². The summed E-state index contributed by atoms with van der Waals surface area (Å²) in [6.07, 6.45) is -6.67. The van der Waals surface area contributed by atoms with Gasteiger partial charge in [-0.05, 0) is 104 Å². The molecular weight excluding hydrogens is 744 g/mol.